The summed E-state index contributed by atoms with van der Waals surface area (Å²) in [6.45, 7) is 0.114. The van der Waals surface area contributed by atoms with Crippen molar-refractivity contribution in [3.8, 4) is 11.3 Å². The van der Waals surface area contributed by atoms with E-state index in [0.29, 0.717) is 10.8 Å². The highest BCUT2D eigenvalue weighted by molar-refractivity contribution is 7.80. The lowest BCUT2D eigenvalue weighted by Gasteiger charge is -2.08. The minimum Gasteiger partial charge on any atom is -0.375 e. The average molecular weight is 359 g/mol. The number of halogens is 1. The van der Waals surface area contributed by atoms with Gasteiger partial charge in [-0.3, -0.25) is 4.79 Å². The number of rotatable bonds is 5. The zero-order valence-electron chi connectivity index (χ0n) is 12.5. The van der Waals surface area contributed by atoms with Gasteiger partial charge in [-0.05, 0) is 36.4 Å². The third-order valence-electron chi connectivity index (χ3n) is 3.23. The molecule has 7 heteroatoms. The first-order valence-corrected chi connectivity index (χ1v) is 8.48. The molecule has 0 saturated carbocycles. The number of carbonyl (C=O) groups excluding carboxylic acids is 1. The minimum absolute atomic E-state index is 0.114. The van der Waals surface area contributed by atoms with Crippen LogP contribution in [0.5, 0.6) is 0 Å². The fraction of sp³-hybridized carbons (Fsp3) is 0.0588. The summed E-state index contributed by atoms with van der Waals surface area (Å²) in [6, 6.07) is 13.5. The smallest absolute Gasteiger partial charge is 0.245 e. The maximum atomic E-state index is 12.9. The second-order valence-corrected chi connectivity index (χ2v) is 6.30. The van der Waals surface area contributed by atoms with Gasteiger partial charge in [0.05, 0.1) is 12.2 Å². The highest BCUT2D eigenvalue weighted by Gasteiger charge is 2.08. The van der Waals surface area contributed by atoms with Crippen molar-refractivity contribution in [3.63, 3.8) is 0 Å². The lowest BCUT2D eigenvalue weighted by Crippen LogP contribution is -2.21. The van der Waals surface area contributed by atoms with E-state index in [4.69, 9.17) is 0 Å². The molecule has 4 nitrogen and oxygen atoms in total. The van der Waals surface area contributed by atoms with Crippen molar-refractivity contribution in [1.82, 2.24) is 4.98 Å². The first-order chi connectivity index (χ1) is 11.6. The maximum Gasteiger partial charge on any atom is 0.245 e. The summed E-state index contributed by atoms with van der Waals surface area (Å²) < 4.78 is 12.9. The number of benzene rings is 2. The maximum absolute atomic E-state index is 12.9. The Morgan fingerprint density at radius 1 is 1.17 bits per heavy atom. The number of thiazole rings is 1. The van der Waals surface area contributed by atoms with Gasteiger partial charge in [0.25, 0.3) is 0 Å². The number of aromatic nitrogens is 1. The highest BCUT2D eigenvalue weighted by atomic mass is 32.1. The summed E-state index contributed by atoms with van der Waals surface area (Å²) in [4.78, 5) is 17.1. The molecule has 0 saturated heterocycles. The SMILES string of the molecule is O=C(CNc1ccccc1S)Nc1nc(-c2ccc(F)cc2)cs1. The number of thiol groups is 1. The topological polar surface area (TPSA) is 54.0 Å². The lowest BCUT2D eigenvalue weighted by atomic mass is 10.2. The van der Waals surface area contributed by atoms with Gasteiger partial charge >= 0.3 is 0 Å². The minimum atomic E-state index is -0.293. The zero-order chi connectivity index (χ0) is 16.9. The Labute approximate surface area is 148 Å². The van der Waals surface area contributed by atoms with Crippen LogP contribution in [0.1, 0.15) is 0 Å². The molecule has 0 fully saturated rings. The number of anilines is 2. The van der Waals surface area contributed by atoms with Crippen LogP contribution in [0.25, 0.3) is 11.3 Å². The van der Waals surface area contributed by atoms with E-state index in [0.717, 1.165) is 16.1 Å². The second kappa shape index (κ2) is 7.46. The Morgan fingerprint density at radius 2 is 1.92 bits per heavy atom. The molecular formula is C17H14FN3OS2. The molecule has 0 radical (unpaired) electrons. The van der Waals surface area contributed by atoms with E-state index in [1.54, 1.807) is 12.1 Å². The van der Waals surface area contributed by atoms with E-state index < -0.39 is 0 Å². The normalized spacial score (nSPS) is 10.4. The molecule has 0 aliphatic carbocycles. The molecule has 0 atom stereocenters. The molecule has 24 heavy (non-hydrogen) atoms. The summed E-state index contributed by atoms with van der Waals surface area (Å²) in [5, 5.41) is 8.08. The number of hydrogen-bond donors (Lipinski definition) is 3. The predicted molar refractivity (Wildman–Crippen MR) is 98.3 cm³/mol. The Balaban J connectivity index is 1.59. The van der Waals surface area contributed by atoms with E-state index in [1.165, 1.54) is 23.5 Å². The Bertz CT molecular complexity index is 849. The van der Waals surface area contributed by atoms with Crippen LogP contribution in [-0.2, 0) is 4.79 Å². The molecule has 1 aromatic heterocycles. The largest absolute Gasteiger partial charge is 0.375 e. The van der Waals surface area contributed by atoms with Crippen molar-refractivity contribution >= 4 is 40.7 Å². The van der Waals surface area contributed by atoms with Crippen molar-refractivity contribution in [2.24, 2.45) is 0 Å². The zero-order valence-corrected chi connectivity index (χ0v) is 14.2. The van der Waals surface area contributed by atoms with Crippen LogP contribution in [0, 0.1) is 5.82 Å². The van der Waals surface area contributed by atoms with Gasteiger partial charge in [-0.25, -0.2) is 9.37 Å². The summed E-state index contributed by atoms with van der Waals surface area (Å²) in [5.74, 6) is -0.496. The number of hydrogen-bond acceptors (Lipinski definition) is 5. The Kier molecular flexibility index (Phi) is 5.12. The molecule has 3 aromatic rings. The fourth-order valence-corrected chi connectivity index (χ4v) is 3.02. The molecule has 0 spiro atoms. The summed E-state index contributed by atoms with van der Waals surface area (Å²) in [5.41, 5.74) is 2.29. The number of amides is 1. The van der Waals surface area contributed by atoms with Crippen LogP contribution in [-0.4, -0.2) is 17.4 Å². The second-order valence-electron chi connectivity index (χ2n) is 4.96. The van der Waals surface area contributed by atoms with Gasteiger partial charge < -0.3 is 10.6 Å². The van der Waals surface area contributed by atoms with Crippen LogP contribution < -0.4 is 10.6 Å². The molecule has 2 N–H and O–H groups in total. The van der Waals surface area contributed by atoms with E-state index in [2.05, 4.69) is 28.2 Å². The number of para-hydroxylation sites is 1. The van der Waals surface area contributed by atoms with E-state index >= 15 is 0 Å². The van der Waals surface area contributed by atoms with E-state index in [-0.39, 0.29) is 18.3 Å². The van der Waals surface area contributed by atoms with Crippen molar-refractivity contribution < 1.29 is 9.18 Å². The van der Waals surface area contributed by atoms with E-state index in [1.807, 2.05) is 29.6 Å². The molecule has 1 heterocycles. The lowest BCUT2D eigenvalue weighted by molar-refractivity contribution is -0.114. The first-order valence-electron chi connectivity index (χ1n) is 7.15. The van der Waals surface area contributed by atoms with Crippen LogP contribution in [0.3, 0.4) is 0 Å². The fourth-order valence-electron chi connectivity index (χ4n) is 2.05. The van der Waals surface area contributed by atoms with Gasteiger partial charge in [0.1, 0.15) is 5.82 Å². The molecule has 122 valence electrons. The predicted octanol–water partition coefficient (Wildman–Crippen LogP) is 4.29. The number of nitrogens with zero attached hydrogens (tertiary/aromatic N) is 1. The van der Waals surface area contributed by atoms with Gasteiger partial charge in [-0.1, -0.05) is 12.1 Å². The van der Waals surface area contributed by atoms with E-state index in [9.17, 15) is 9.18 Å². The summed E-state index contributed by atoms with van der Waals surface area (Å²) in [7, 11) is 0. The number of nitrogens with one attached hydrogen (secondary N) is 2. The first kappa shape index (κ1) is 16.5. The van der Waals surface area contributed by atoms with Crippen LogP contribution in [0.15, 0.2) is 58.8 Å². The highest BCUT2D eigenvalue weighted by Crippen LogP contribution is 2.25. The monoisotopic (exact) mass is 359 g/mol. The van der Waals surface area contributed by atoms with Crippen molar-refractivity contribution in [2.45, 2.75) is 4.90 Å². The van der Waals surface area contributed by atoms with Crippen molar-refractivity contribution in [3.05, 3.63) is 59.7 Å². The van der Waals surface area contributed by atoms with Crippen LogP contribution in [0.2, 0.25) is 0 Å². The third kappa shape index (κ3) is 4.12. The van der Waals surface area contributed by atoms with Gasteiger partial charge in [0, 0.05) is 21.5 Å². The quantitative estimate of drug-likeness (QED) is 0.596. The molecule has 2 aromatic carbocycles. The molecular weight excluding hydrogens is 345 g/mol. The van der Waals surface area contributed by atoms with Crippen LogP contribution >= 0.6 is 24.0 Å². The number of carbonyl (C=O) groups is 1. The van der Waals surface area contributed by atoms with Crippen molar-refractivity contribution in [1.29, 1.82) is 0 Å². The molecule has 0 aliphatic rings. The third-order valence-corrected chi connectivity index (χ3v) is 4.38. The molecule has 1 amide bonds. The van der Waals surface area contributed by atoms with Gasteiger partial charge in [0.15, 0.2) is 5.13 Å². The van der Waals surface area contributed by atoms with Gasteiger partial charge in [0.2, 0.25) is 5.91 Å². The standard InChI is InChI=1S/C17H14FN3OS2/c18-12-7-5-11(6-8-12)14-10-24-17(20-14)21-16(22)9-19-13-3-1-2-4-15(13)23/h1-8,10,19,23H,9H2,(H,20,21,22). The molecule has 0 aliphatic heterocycles. The van der Waals surface area contributed by atoms with Crippen molar-refractivity contribution in [2.75, 3.05) is 17.2 Å². The van der Waals surface area contributed by atoms with Gasteiger partial charge in [-0.2, -0.15) is 0 Å². The molecule has 0 bridgehead atoms. The average Bonchev–Trinajstić information content (AvgIpc) is 3.03. The Hall–Kier alpha value is -2.38. The van der Waals surface area contributed by atoms with Crippen LogP contribution in [0.4, 0.5) is 15.2 Å². The summed E-state index contributed by atoms with van der Waals surface area (Å²) >= 11 is 5.64. The molecule has 0 unspecified atom stereocenters. The molecule has 3 rings (SSSR count). The Morgan fingerprint density at radius 3 is 2.67 bits per heavy atom. The summed E-state index contributed by atoms with van der Waals surface area (Å²) in [6.07, 6.45) is 0. The van der Waals surface area contributed by atoms with Gasteiger partial charge in [-0.15, -0.1) is 24.0 Å².